The van der Waals surface area contributed by atoms with E-state index in [0.29, 0.717) is 23.4 Å². The van der Waals surface area contributed by atoms with Crippen LogP contribution in [0.2, 0.25) is 0 Å². The lowest BCUT2D eigenvalue weighted by atomic mass is 10.0. The van der Waals surface area contributed by atoms with Gasteiger partial charge in [-0.15, -0.1) is 0 Å². The number of imide groups is 1. The zero-order chi connectivity index (χ0) is 25.8. The van der Waals surface area contributed by atoms with Crippen molar-refractivity contribution in [1.82, 2.24) is 25.5 Å². The number of nitrogens with one attached hydrogen (secondary N) is 3. The number of rotatable bonds is 11. The van der Waals surface area contributed by atoms with E-state index in [9.17, 15) is 24.3 Å². The number of aromatic amines is 1. The van der Waals surface area contributed by atoms with Crippen molar-refractivity contribution < 1.29 is 24.3 Å². The summed E-state index contributed by atoms with van der Waals surface area (Å²) in [5, 5.41) is 17.2. The van der Waals surface area contributed by atoms with Crippen LogP contribution in [0.3, 0.4) is 0 Å². The van der Waals surface area contributed by atoms with Crippen molar-refractivity contribution in [1.29, 1.82) is 0 Å². The van der Waals surface area contributed by atoms with E-state index in [0.717, 1.165) is 15.7 Å². The van der Waals surface area contributed by atoms with Crippen molar-refractivity contribution in [3.05, 3.63) is 65.7 Å². The summed E-state index contributed by atoms with van der Waals surface area (Å²) in [6, 6.07) is 8.93. The van der Waals surface area contributed by atoms with Crippen LogP contribution in [0.5, 0.6) is 0 Å². The molecule has 0 unspecified atom stereocenters. The van der Waals surface area contributed by atoms with Crippen LogP contribution in [0, 0.1) is 5.92 Å². The lowest BCUT2D eigenvalue weighted by Crippen LogP contribution is -2.52. The number of carbonyl (C=O) groups is 4. The zero-order valence-corrected chi connectivity index (χ0v) is 20.2. The number of fused-ring (bicyclic) bond motifs is 2. The van der Waals surface area contributed by atoms with Gasteiger partial charge in [-0.05, 0) is 41.7 Å². The minimum atomic E-state index is -1.16. The Kier molecular flexibility index (Phi) is 7.44. The molecule has 3 amide bonds. The number of H-pyrrole nitrogens is 1. The number of carbonyl (C=O) groups excluding carboxylic acids is 3. The second-order valence-electron chi connectivity index (χ2n) is 9.29. The summed E-state index contributed by atoms with van der Waals surface area (Å²) in [5.41, 5.74) is 0.627. The molecule has 2 atom stereocenters. The average Bonchev–Trinajstić information content (AvgIpc) is 3.45. The van der Waals surface area contributed by atoms with Crippen LogP contribution in [0.4, 0.5) is 0 Å². The SMILES string of the molecule is CC(C)C[C@H](N[C@H](CCN1C(=O)c2cc3ccccc3cc2C1=O)C(=O)O)C(=O)NCc1ncc[nH]1. The van der Waals surface area contributed by atoms with Gasteiger partial charge in [0.25, 0.3) is 11.8 Å². The summed E-state index contributed by atoms with van der Waals surface area (Å²) in [6.45, 7) is 3.97. The third-order valence-corrected chi connectivity index (χ3v) is 6.19. The van der Waals surface area contributed by atoms with Gasteiger partial charge in [0.2, 0.25) is 5.91 Å². The first-order valence-corrected chi connectivity index (χ1v) is 11.9. The molecule has 2 aromatic carbocycles. The van der Waals surface area contributed by atoms with Crippen LogP contribution >= 0.6 is 0 Å². The van der Waals surface area contributed by atoms with Gasteiger partial charge < -0.3 is 15.4 Å². The van der Waals surface area contributed by atoms with Crippen LogP contribution in [0.1, 0.15) is 53.2 Å². The smallest absolute Gasteiger partial charge is 0.320 e. The molecule has 0 saturated carbocycles. The Labute approximate surface area is 208 Å². The van der Waals surface area contributed by atoms with Crippen LogP contribution in [-0.4, -0.2) is 62.3 Å². The normalized spacial score (nSPS) is 14.8. The van der Waals surface area contributed by atoms with E-state index >= 15 is 0 Å². The number of hydrogen-bond acceptors (Lipinski definition) is 6. The number of aliphatic carboxylic acids is 1. The molecule has 188 valence electrons. The molecule has 1 aliphatic heterocycles. The molecule has 1 aromatic heterocycles. The minimum absolute atomic E-state index is 0.0413. The zero-order valence-electron chi connectivity index (χ0n) is 20.2. The Morgan fingerprint density at radius 1 is 1.06 bits per heavy atom. The Bertz CT molecular complexity index is 1230. The van der Waals surface area contributed by atoms with Gasteiger partial charge in [0, 0.05) is 18.9 Å². The molecule has 1 aliphatic rings. The summed E-state index contributed by atoms with van der Waals surface area (Å²) >= 11 is 0. The van der Waals surface area contributed by atoms with E-state index in [1.165, 1.54) is 0 Å². The maximum atomic E-state index is 13.0. The maximum Gasteiger partial charge on any atom is 0.320 e. The highest BCUT2D eigenvalue weighted by molar-refractivity contribution is 6.23. The van der Waals surface area contributed by atoms with E-state index in [1.54, 1.807) is 24.5 Å². The molecule has 36 heavy (non-hydrogen) atoms. The van der Waals surface area contributed by atoms with Crippen molar-refractivity contribution in [3.63, 3.8) is 0 Å². The topological polar surface area (TPSA) is 144 Å². The highest BCUT2D eigenvalue weighted by atomic mass is 16.4. The largest absolute Gasteiger partial charge is 0.480 e. The summed E-state index contributed by atoms with van der Waals surface area (Å²) in [6.07, 6.45) is 3.59. The number of carboxylic acids is 1. The molecule has 10 heteroatoms. The molecule has 0 aliphatic carbocycles. The van der Waals surface area contributed by atoms with Gasteiger partial charge >= 0.3 is 5.97 Å². The fourth-order valence-electron chi connectivity index (χ4n) is 4.37. The number of imidazole rings is 1. The summed E-state index contributed by atoms with van der Waals surface area (Å²) in [5.74, 6) is -1.69. The highest BCUT2D eigenvalue weighted by Crippen LogP contribution is 2.28. The summed E-state index contributed by atoms with van der Waals surface area (Å²) < 4.78 is 0. The quantitative estimate of drug-likeness (QED) is 0.301. The monoisotopic (exact) mass is 491 g/mol. The molecule has 0 spiro atoms. The van der Waals surface area contributed by atoms with Crippen molar-refractivity contribution in [2.24, 2.45) is 5.92 Å². The standard InChI is InChI=1S/C26H29N5O5/c1-15(2)11-21(23(32)29-14-22-27-8-9-28-22)30-20(26(35)36)7-10-31-24(33)18-12-16-5-3-4-6-17(16)13-19(18)25(31)34/h3-6,8-9,12-13,15,20-21,30H,7,10-11,14H2,1-2H3,(H,27,28)(H,29,32)(H,35,36)/t20-,21+/m1/s1. The number of aromatic nitrogens is 2. The molecule has 10 nitrogen and oxygen atoms in total. The maximum absolute atomic E-state index is 13.0. The van der Waals surface area contributed by atoms with Gasteiger partial charge in [0.1, 0.15) is 11.9 Å². The van der Waals surface area contributed by atoms with E-state index < -0.39 is 29.9 Å². The van der Waals surface area contributed by atoms with Gasteiger partial charge in [-0.3, -0.25) is 29.4 Å². The number of carboxylic acid groups (broad SMARTS) is 1. The molecule has 4 rings (SSSR count). The van der Waals surface area contributed by atoms with Crippen molar-refractivity contribution in [2.75, 3.05) is 6.54 Å². The van der Waals surface area contributed by atoms with Crippen molar-refractivity contribution >= 4 is 34.5 Å². The molecular weight excluding hydrogens is 462 g/mol. The van der Waals surface area contributed by atoms with Crippen LogP contribution < -0.4 is 10.6 Å². The number of amides is 3. The highest BCUT2D eigenvalue weighted by Gasteiger charge is 2.37. The Morgan fingerprint density at radius 2 is 1.69 bits per heavy atom. The van der Waals surface area contributed by atoms with E-state index in [-0.39, 0.29) is 31.3 Å². The predicted octanol–water partition coefficient (Wildman–Crippen LogP) is 2.32. The Balaban J connectivity index is 1.44. The van der Waals surface area contributed by atoms with Crippen LogP contribution in [0.15, 0.2) is 48.8 Å². The van der Waals surface area contributed by atoms with Gasteiger partial charge in [0.05, 0.1) is 23.7 Å². The number of hydrogen-bond donors (Lipinski definition) is 4. The second kappa shape index (κ2) is 10.7. The lowest BCUT2D eigenvalue weighted by Gasteiger charge is -2.25. The average molecular weight is 492 g/mol. The summed E-state index contributed by atoms with van der Waals surface area (Å²) in [4.78, 5) is 58.9. The first-order valence-electron chi connectivity index (χ1n) is 11.9. The number of benzene rings is 2. The second-order valence-corrected chi connectivity index (χ2v) is 9.29. The van der Waals surface area contributed by atoms with Crippen LogP contribution in [-0.2, 0) is 16.1 Å². The fraction of sp³-hybridized carbons (Fsp3) is 0.346. The molecule has 0 saturated heterocycles. The van der Waals surface area contributed by atoms with Gasteiger partial charge in [-0.25, -0.2) is 4.98 Å². The third kappa shape index (κ3) is 5.44. The number of nitrogens with zero attached hydrogens (tertiary/aromatic N) is 2. The third-order valence-electron chi connectivity index (χ3n) is 6.19. The van der Waals surface area contributed by atoms with E-state index in [4.69, 9.17) is 0 Å². The molecule has 0 bridgehead atoms. The van der Waals surface area contributed by atoms with Gasteiger partial charge in [-0.2, -0.15) is 0 Å². The molecule has 0 radical (unpaired) electrons. The van der Waals surface area contributed by atoms with E-state index in [2.05, 4.69) is 20.6 Å². The fourth-order valence-corrected chi connectivity index (χ4v) is 4.37. The molecular formula is C26H29N5O5. The molecule has 4 N–H and O–H groups in total. The predicted molar refractivity (Wildman–Crippen MR) is 132 cm³/mol. The summed E-state index contributed by atoms with van der Waals surface area (Å²) in [7, 11) is 0. The first-order chi connectivity index (χ1) is 17.2. The van der Waals surface area contributed by atoms with Gasteiger partial charge in [-0.1, -0.05) is 38.1 Å². The van der Waals surface area contributed by atoms with Gasteiger partial charge in [0.15, 0.2) is 0 Å². The Hall–Kier alpha value is -4.05. The lowest BCUT2D eigenvalue weighted by molar-refractivity contribution is -0.140. The van der Waals surface area contributed by atoms with Crippen molar-refractivity contribution in [2.45, 2.75) is 45.3 Å². The Morgan fingerprint density at radius 3 is 2.22 bits per heavy atom. The van der Waals surface area contributed by atoms with E-state index in [1.807, 2.05) is 38.1 Å². The molecule has 2 heterocycles. The molecule has 0 fully saturated rings. The van der Waals surface area contributed by atoms with Crippen molar-refractivity contribution in [3.8, 4) is 0 Å². The first kappa shape index (κ1) is 25.1. The van der Waals surface area contributed by atoms with Crippen LogP contribution in [0.25, 0.3) is 10.8 Å². The minimum Gasteiger partial charge on any atom is -0.480 e. The molecule has 3 aromatic rings.